The Kier molecular flexibility index (Phi) is 4.61. The van der Waals surface area contributed by atoms with Crippen LogP contribution in [-0.2, 0) is 6.42 Å². The average molecular weight is 394 g/mol. The molecule has 7 nitrogen and oxygen atoms in total. The van der Waals surface area contributed by atoms with Gasteiger partial charge in [0.25, 0.3) is 5.91 Å². The van der Waals surface area contributed by atoms with Crippen molar-refractivity contribution in [2.45, 2.75) is 6.42 Å². The first-order valence-electron chi connectivity index (χ1n) is 9.67. The van der Waals surface area contributed by atoms with E-state index >= 15 is 0 Å². The summed E-state index contributed by atoms with van der Waals surface area (Å²) in [5.74, 6) is 0.652. The molecule has 0 aliphatic carbocycles. The Bertz CT molecular complexity index is 1350. The standard InChI is InChI=1S/C23H18N6O/c30-23(25-13-11-22-28-27-21-10-4-6-14-29(21)22)17-15-20(19-9-3-5-12-24-19)26-18-8-2-1-7-16(17)18/h1-10,12,14-15H,11,13H2,(H,25,30). The summed E-state index contributed by atoms with van der Waals surface area (Å²) >= 11 is 0. The van der Waals surface area contributed by atoms with Gasteiger partial charge in [-0.15, -0.1) is 10.2 Å². The highest BCUT2D eigenvalue weighted by Crippen LogP contribution is 2.23. The molecule has 4 aromatic heterocycles. The van der Waals surface area contributed by atoms with Crippen LogP contribution in [0.1, 0.15) is 16.2 Å². The summed E-state index contributed by atoms with van der Waals surface area (Å²) in [5.41, 5.74) is 3.52. The van der Waals surface area contributed by atoms with Crippen LogP contribution in [0.25, 0.3) is 27.9 Å². The fraction of sp³-hybridized carbons (Fsp3) is 0.0870. The molecular formula is C23H18N6O. The fourth-order valence-electron chi connectivity index (χ4n) is 3.45. The van der Waals surface area contributed by atoms with E-state index in [0.717, 1.165) is 28.1 Å². The molecular weight excluding hydrogens is 376 g/mol. The normalized spacial score (nSPS) is 11.1. The molecule has 1 aromatic carbocycles. The lowest BCUT2D eigenvalue weighted by Crippen LogP contribution is -2.26. The summed E-state index contributed by atoms with van der Waals surface area (Å²) in [4.78, 5) is 22.1. The summed E-state index contributed by atoms with van der Waals surface area (Å²) < 4.78 is 1.92. The largest absolute Gasteiger partial charge is 0.352 e. The summed E-state index contributed by atoms with van der Waals surface area (Å²) in [7, 11) is 0. The molecule has 5 aromatic rings. The van der Waals surface area contributed by atoms with Gasteiger partial charge in [-0.2, -0.15) is 0 Å². The summed E-state index contributed by atoms with van der Waals surface area (Å²) in [6.45, 7) is 0.449. The lowest BCUT2D eigenvalue weighted by Gasteiger charge is -2.10. The van der Waals surface area contributed by atoms with E-state index in [0.29, 0.717) is 24.2 Å². The van der Waals surface area contributed by atoms with Gasteiger partial charge in [-0.3, -0.25) is 14.2 Å². The molecule has 0 aliphatic rings. The van der Waals surface area contributed by atoms with Crippen LogP contribution in [0.3, 0.4) is 0 Å². The molecule has 0 saturated carbocycles. The fourth-order valence-corrected chi connectivity index (χ4v) is 3.45. The maximum Gasteiger partial charge on any atom is 0.252 e. The van der Waals surface area contributed by atoms with E-state index in [-0.39, 0.29) is 5.91 Å². The van der Waals surface area contributed by atoms with E-state index in [4.69, 9.17) is 0 Å². The van der Waals surface area contributed by atoms with Crippen molar-refractivity contribution in [2.24, 2.45) is 0 Å². The third-order valence-electron chi connectivity index (χ3n) is 4.91. The van der Waals surface area contributed by atoms with Crippen LogP contribution in [0, 0.1) is 0 Å². The van der Waals surface area contributed by atoms with Crippen molar-refractivity contribution in [1.29, 1.82) is 0 Å². The number of para-hydroxylation sites is 1. The Labute approximate surface area is 172 Å². The first-order valence-corrected chi connectivity index (χ1v) is 9.67. The first-order chi connectivity index (χ1) is 14.8. The van der Waals surface area contributed by atoms with Gasteiger partial charge in [-0.1, -0.05) is 30.3 Å². The molecule has 5 rings (SSSR count). The Morgan fingerprint density at radius 2 is 1.80 bits per heavy atom. The number of carbonyl (C=O) groups is 1. The SMILES string of the molecule is O=C(NCCc1nnc2ccccn12)c1cc(-c2ccccn2)nc2ccccc12. The predicted octanol–water partition coefficient (Wildman–Crippen LogP) is 3.31. The number of carbonyl (C=O) groups excluding carboxylic acids is 1. The van der Waals surface area contributed by atoms with Crippen LogP contribution in [0.5, 0.6) is 0 Å². The van der Waals surface area contributed by atoms with Crippen LogP contribution in [0.2, 0.25) is 0 Å². The minimum Gasteiger partial charge on any atom is -0.352 e. The monoisotopic (exact) mass is 394 g/mol. The molecule has 0 bridgehead atoms. The first kappa shape index (κ1) is 17.9. The highest BCUT2D eigenvalue weighted by atomic mass is 16.1. The van der Waals surface area contributed by atoms with Crippen molar-refractivity contribution in [3.63, 3.8) is 0 Å². The Morgan fingerprint density at radius 1 is 0.933 bits per heavy atom. The third kappa shape index (κ3) is 3.37. The van der Waals surface area contributed by atoms with E-state index < -0.39 is 0 Å². The zero-order valence-electron chi connectivity index (χ0n) is 16.1. The number of hydrogen-bond donors (Lipinski definition) is 1. The van der Waals surface area contributed by atoms with Crippen molar-refractivity contribution in [1.82, 2.24) is 29.9 Å². The zero-order chi connectivity index (χ0) is 20.3. The molecule has 0 spiro atoms. The lowest BCUT2D eigenvalue weighted by molar-refractivity contribution is 0.0955. The van der Waals surface area contributed by atoms with E-state index in [9.17, 15) is 4.79 Å². The number of amides is 1. The molecule has 30 heavy (non-hydrogen) atoms. The van der Waals surface area contributed by atoms with Gasteiger partial charge in [0.1, 0.15) is 5.82 Å². The Balaban J connectivity index is 1.41. The molecule has 0 radical (unpaired) electrons. The second kappa shape index (κ2) is 7.71. The maximum atomic E-state index is 13.0. The topological polar surface area (TPSA) is 85.1 Å². The number of pyridine rings is 3. The van der Waals surface area contributed by atoms with Crippen molar-refractivity contribution < 1.29 is 4.79 Å². The highest BCUT2D eigenvalue weighted by Gasteiger charge is 2.14. The minimum atomic E-state index is -0.153. The van der Waals surface area contributed by atoms with Gasteiger partial charge < -0.3 is 5.32 Å². The van der Waals surface area contributed by atoms with Crippen molar-refractivity contribution in [3.05, 3.63) is 90.5 Å². The molecule has 0 saturated heterocycles. The van der Waals surface area contributed by atoms with Gasteiger partial charge in [0, 0.05) is 30.7 Å². The smallest absolute Gasteiger partial charge is 0.252 e. The van der Waals surface area contributed by atoms with Crippen molar-refractivity contribution >= 4 is 22.5 Å². The van der Waals surface area contributed by atoms with E-state index in [1.54, 1.807) is 12.3 Å². The molecule has 146 valence electrons. The number of rotatable bonds is 5. The van der Waals surface area contributed by atoms with E-state index in [2.05, 4.69) is 25.5 Å². The number of benzene rings is 1. The quantitative estimate of drug-likeness (QED) is 0.494. The third-order valence-corrected chi connectivity index (χ3v) is 4.91. The van der Waals surface area contributed by atoms with Gasteiger partial charge in [-0.05, 0) is 36.4 Å². The molecule has 4 heterocycles. The molecule has 1 amide bonds. The molecule has 0 aliphatic heterocycles. The number of nitrogens with one attached hydrogen (secondary N) is 1. The maximum absolute atomic E-state index is 13.0. The highest BCUT2D eigenvalue weighted by molar-refractivity contribution is 6.07. The molecule has 7 heteroatoms. The Hall–Kier alpha value is -4.13. The minimum absolute atomic E-state index is 0.153. The zero-order valence-corrected chi connectivity index (χ0v) is 16.1. The van der Waals surface area contributed by atoms with Gasteiger partial charge in [0.15, 0.2) is 5.65 Å². The number of hydrogen-bond acceptors (Lipinski definition) is 5. The van der Waals surface area contributed by atoms with Crippen molar-refractivity contribution in [2.75, 3.05) is 6.54 Å². The summed E-state index contributed by atoms with van der Waals surface area (Å²) in [6, 6.07) is 20.8. The Morgan fingerprint density at radius 3 is 2.70 bits per heavy atom. The average Bonchev–Trinajstić information content (AvgIpc) is 3.22. The van der Waals surface area contributed by atoms with Crippen LogP contribution in [-0.4, -0.2) is 37.0 Å². The van der Waals surface area contributed by atoms with Gasteiger partial charge in [0.2, 0.25) is 0 Å². The summed E-state index contributed by atoms with van der Waals surface area (Å²) in [5, 5.41) is 12.2. The van der Waals surface area contributed by atoms with E-state index in [1.807, 2.05) is 71.3 Å². The molecule has 0 atom stereocenters. The molecule has 0 fully saturated rings. The van der Waals surface area contributed by atoms with Crippen molar-refractivity contribution in [3.8, 4) is 11.4 Å². The van der Waals surface area contributed by atoms with Crippen LogP contribution < -0.4 is 5.32 Å². The number of fused-ring (bicyclic) bond motifs is 2. The van der Waals surface area contributed by atoms with Crippen LogP contribution in [0.4, 0.5) is 0 Å². The molecule has 0 unspecified atom stereocenters. The van der Waals surface area contributed by atoms with Crippen LogP contribution in [0.15, 0.2) is 79.1 Å². The summed E-state index contributed by atoms with van der Waals surface area (Å²) in [6.07, 6.45) is 4.21. The van der Waals surface area contributed by atoms with Gasteiger partial charge >= 0.3 is 0 Å². The predicted molar refractivity (Wildman–Crippen MR) is 114 cm³/mol. The van der Waals surface area contributed by atoms with Gasteiger partial charge in [-0.25, -0.2) is 4.98 Å². The second-order valence-electron chi connectivity index (χ2n) is 6.84. The van der Waals surface area contributed by atoms with Crippen LogP contribution >= 0.6 is 0 Å². The van der Waals surface area contributed by atoms with E-state index in [1.165, 1.54) is 0 Å². The number of nitrogens with zero attached hydrogens (tertiary/aromatic N) is 5. The second-order valence-corrected chi connectivity index (χ2v) is 6.84. The van der Waals surface area contributed by atoms with Gasteiger partial charge in [0.05, 0.1) is 22.5 Å². The lowest BCUT2D eigenvalue weighted by atomic mass is 10.1. The number of aromatic nitrogens is 5. The molecule has 1 N–H and O–H groups in total.